The third-order valence-electron chi connectivity index (χ3n) is 3.38. The van der Waals surface area contributed by atoms with Crippen LogP contribution >= 0.6 is 15.9 Å². The van der Waals surface area contributed by atoms with Crippen LogP contribution in [-0.4, -0.2) is 30.2 Å². The van der Waals surface area contributed by atoms with Crippen LogP contribution < -0.4 is 14.8 Å². The summed E-state index contributed by atoms with van der Waals surface area (Å²) in [6.45, 7) is 1.61. The van der Waals surface area contributed by atoms with Gasteiger partial charge in [-0.25, -0.2) is 4.79 Å². The summed E-state index contributed by atoms with van der Waals surface area (Å²) in [5.74, 6) is -1.08. The van der Waals surface area contributed by atoms with Crippen LogP contribution in [0.1, 0.15) is 12.5 Å². The number of carboxylic acids is 1. The SMILES string of the molecule is CCOc1cc(C=C(C#N)C(=O)Nc2cccc(Br)c2)ccc1OCC(=O)O. The third kappa shape index (κ3) is 6.14. The number of anilines is 1. The van der Waals surface area contributed by atoms with Crippen molar-refractivity contribution in [1.29, 1.82) is 5.26 Å². The smallest absolute Gasteiger partial charge is 0.341 e. The summed E-state index contributed by atoms with van der Waals surface area (Å²) in [6, 6.07) is 13.6. The maximum atomic E-state index is 12.4. The molecule has 1 amide bonds. The summed E-state index contributed by atoms with van der Waals surface area (Å²) >= 11 is 3.32. The Labute approximate surface area is 170 Å². The van der Waals surface area contributed by atoms with Crippen molar-refractivity contribution in [3.05, 3.63) is 58.1 Å². The molecule has 0 saturated heterocycles. The van der Waals surface area contributed by atoms with Crippen molar-refractivity contribution in [2.24, 2.45) is 0 Å². The molecule has 0 aliphatic heterocycles. The van der Waals surface area contributed by atoms with Gasteiger partial charge >= 0.3 is 5.97 Å². The maximum absolute atomic E-state index is 12.4. The van der Waals surface area contributed by atoms with E-state index in [0.717, 1.165) is 4.47 Å². The highest BCUT2D eigenvalue weighted by atomic mass is 79.9. The second-order valence-electron chi connectivity index (χ2n) is 5.46. The number of hydrogen-bond donors (Lipinski definition) is 2. The molecule has 144 valence electrons. The van der Waals surface area contributed by atoms with Crippen molar-refractivity contribution in [3.63, 3.8) is 0 Å². The standard InChI is InChI=1S/C20H17BrN2O5/c1-2-27-18-9-13(6-7-17(18)28-12-19(24)25)8-14(11-22)20(26)23-16-5-3-4-15(21)10-16/h3-10H,2,12H2,1H3,(H,23,26)(H,24,25). The molecule has 0 heterocycles. The van der Waals surface area contributed by atoms with E-state index in [-0.39, 0.29) is 11.3 Å². The van der Waals surface area contributed by atoms with Gasteiger partial charge in [0.05, 0.1) is 6.61 Å². The van der Waals surface area contributed by atoms with Crippen molar-refractivity contribution in [3.8, 4) is 17.6 Å². The van der Waals surface area contributed by atoms with Crippen LogP contribution in [0.25, 0.3) is 6.08 Å². The Kier molecular flexibility index (Phi) is 7.60. The molecule has 7 nitrogen and oxygen atoms in total. The van der Waals surface area contributed by atoms with E-state index < -0.39 is 18.5 Å². The Morgan fingerprint density at radius 3 is 2.64 bits per heavy atom. The number of carbonyl (C=O) groups excluding carboxylic acids is 1. The number of carboxylic acid groups (broad SMARTS) is 1. The van der Waals surface area contributed by atoms with Gasteiger partial charge in [0.1, 0.15) is 11.6 Å². The number of halogens is 1. The van der Waals surface area contributed by atoms with Crippen LogP contribution in [0.3, 0.4) is 0 Å². The normalized spacial score (nSPS) is 10.7. The minimum Gasteiger partial charge on any atom is -0.490 e. The van der Waals surface area contributed by atoms with Crippen molar-refractivity contribution in [2.75, 3.05) is 18.5 Å². The number of benzene rings is 2. The van der Waals surface area contributed by atoms with E-state index in [9.17, 15) is 14.9 Å². The topological polar surface area (TPSA) is 109 Å². The summed E-state index contributed by atoms with van der Waals surface area (Å²) in [4.78, 5) is 23.1. The molecule has 0 aromatic heterocycles. The first-order valence-electron chi connectivity index (χ1n) is 8.23. The molecule has 0 aliphatic rings. The highest BCUT2D eigenvalue weighted by Crippen LogP contribution is 2.29. The van der Waals surface area contributed by atoms with Gasteiger partial charge in [-0.3, -0.25) is 4.79 Å². The van der Waals surface area contributed by atoms with Crippen LogP contribution in [0, 0.1) is 11.3 Å². The van der Waals surface area contributed by atoms with Gasteiger partial charge in [0.2, 0.25) is 0 Å². The Morgan fingerprint density at radius 2 is 2.00 bits per heavy atom. The number of rotatable bonds is 8. The van der Waals surface area contributed by atoms with Crippen molar-refractivity contribution in [1.82, 2.24) is 0 Å². The summed E-state index contributed by atoms with van der Waals surface area (Å²) in [5, 5.41) is 20.8. The fraction of sp³-hybridized carbons (Fsp3) is 0.150. The molecule has 0 spiro atoms. The molecule has 8 heteroatoms. The molecule has 2 N–H and O–H groups in total. The van der Waals surface area contributed by atoms with Gasteiger partial charge in [-0.15, -0.1) is 0 Å². The first kappa shape index (κ1) is 21.0. The number of amides is 1. The lowest BCUT2D eigenvalue weighted by Gasteiger charge is -2.11. The van der Waals surface area contributed by atoms with Gasteiger partial charge in [0, 0.05) is 10.2 Å². The Hall–Kier alpha value is -3.31. The molecule has 0 fully saturated rings. The maximum Gasteiger partial charge on any atom is 0.341 e. The van der Waals surface area contributed by atoms with Gasteiger partial charge in [-0.1, -0.05) is 28.1 Å². The van der Waals surface area contributed by atoms with Gasteiger partial charge in [0.15, 0.2) is 18.1 Å². The van der Waals surface area contributed by atoms with Crippen LogP contribution in [0.15, 0.2) is 52.5 Å². The molecule has 2 aromatic carbocycles. The lowest BCUT2D eigenvalue weighted by atomic mass is 10.1. The van der Waals surface area contributed by atoms with E-state index in [4.69, 9.17) is 14.6 Å². The molecular weight excluding hydrogens is 428 g/mol. The molecule has 28 heavy (non-hydrogen) atoms. The van der Waals surface area contributed by atoms with Crippen molar-refractivity contribution in [2.45, 2.75) is 6.92 Å². The number of carbonyl (C=O) groups is 2. The van der Waals surface area contributed by atoms with Crippen LogP contribution in [-0.2, 0) is 9.59 Å². The number of nitrogens with one attached hydrogen (secondary N) is 1. The molecular formula is C20H17BrN2O5. The Balaban J connectivity index is 2.24. The summed E-state index contributed by atoms with van der Waals surface area (Å²) < 4.78 is 11.4. The monoisotopic (exact) mass is 444 g/mol. The predicted molar refractivity (Wildman–Crippen MR) is 107 cm³/mol. The van der Waals surface area contributed by atoms with E-state index in [1.807, 2.05) is 12.1 Å². The quantitative estimate of drug-likeness (QED) is 0.472. The van der Waals surface area contributed by atoms with Crippen LogP contribution in [0.4, 0.5) is 5.69 Å². The molecule has 0 aliphatic carbocycles. The van der Waals surface area contributed by atoms with Crippen molar-refractivity contribution < 1.29 is 24.2 Å². The highest BCUT2D eigenvalue weighted by molar-refractivity contribution is 9.10. The van der Waals surface area contributed by atoms with E-state index in [1.165, 1.54) is 12.1 Å². The van der Waals surface area contributed by atoms with Gasteiger partial charge in [0.25, 0.3) is 5.91 Å². The fourth-order valence-electron chi connectivity index (χ4n) is 2.22. The molecule has 0 saturated carbocycles. The largest absolute Gasteiger partial charge is 0.490 e. The summed E-state index contributed by atoms with van der Waals surface area (Å²) in [7, 11) is 0. The van der Waals surface area contributed by atoms with E-state index in [0.29, 0.717) is 23.6 Å². The van der Waals surface area contributed by atoms with Crippen molar-refractivity contribution >= 4 is 39.6 Å². The first-order valence-corrected chi connectivity index (χ1v) is 9.02. The molecule has 2 rings (SSSR count). The summed E-state index contributed by atoms with van der Waals surface area (Å²) in [5.41, 5.74) is 0.988. The number of ether oxygens (including phenoxy) is 2. The highest BCUT2D eigenvalue weighted by Gasteiger charge is 2.12. The second-order valence-corrected chi connectivity index (χ2v) is 6.37. The third-order valence-corrected chi connectivity index (χ3v) is 3.87. The second kappa shape index (κ2) is 10.1. The minimum absolute atomic E-state index is 0.0957. The average Bonchev–Trinajstić information content (AvgIpc) is 2.65. The van der Waals surface area contributed by atoms with E-state index in [1.54, 1.807) is 37.3 Å². The summed E-state index contributed by atoms with van der Waals surface area (Å²) in [6.07, 6.45) is 1.41. The van der Waals surface area contributed by atoms with Gasteiger partial charge in [-0.2, -0.15) is 5.26 Å². The number of hydrogen-bond acceptors (Lipinski definition) is 5. The Bertz CT molecular complexity index is 950. The lowest BCUT2D eigenvalue weighted by molar-refractivity contribution is -0.139. The molecule has 2 aromatic rings. The zero-order chi connectivity index (χ0) is 20.5. The zero-order valence-electron chi connectivity index (χ0n) is 14.9. The molecule has 0 unspecified atom stereocenters. The average molecular weight is 445 g/mol. The predicted octanol–water partition coefficient (Wildman–Crippen LogP) is 3.86. The number of aliphatic carboxylic acids is 1. The minimum atomic E-state index is -1.11. The van der Waals surface area contributed by atoms with Gasteiger partial charge in [-0.05, 0) is 48.9 Å². The lowest BCUT2D eigenvalue weighted by Crippen LogP contribution is -2.13. The number of nitrogens with zero attached hydrogens (tertiary/aromatic N) is 1. The van der Waals surface area contributed by atoms with Crippen LogP contribution in [0.5, 0.6) is 11.5 Å². The Morgan fingerprint density at radius 1 is 1.21 bits per heavy atom. The molecule has 0 radical (unpaired) electrons. The zero-order valence-corrected chi connectivity index (χ0v) is 16.5. The molecule has 0 atom stereocenters. The van der Waals surface area contributed by atoms with Crippen LogP contribution in [0.2, 0.25) is 0 Å². The fourth-order valence-corrected chi connectivity index (χ4v) is 2.62. The number of nitriles is 1. The first-order chi connectivity index (χ1) is 13.4. The van der Waals surface area contributed by atoms with E-state index in [2.05, 4.69) is 21.2 Å². The van der Waals surface area contributed by atoms with E-state index >= 15 is 0 Å². The van der Waals surface area contributed by atoms with Gasteiger partial charge < -0.3 is 19.9 Å². The molecule has 0 bridgehead atoms.